The van der Waals surface area contributed by atoms with Crippen molar-refractivity contribution in [1.29, 1.82) is 0 Å². The van der Waals surface area contributed by atoms with Crippen molar-refractivity contribution >= 4 is 0 Å². The number of benzene rings is 1. The molecule has 1 fully saturated rings. The molecule has 1 aromatic carbocycles. The van der Waals surface area contributed by atoms with Crippen molar-refractivity contribution in [3.05, 3.63) is 47.3 Å². The van der Waals surface area contributed by atoms with Gasteiger partial charge in [-0.05, 0) is 30.5 Å². The van der Waals surface area contributed by atoms with Crippen LogP contribution in [0, 0.1) is 5.82 Å². The molecule has 0 spiro atoms. The maximum Gasteiger partial charge on any atom is 0.153 e. The summed E-state index contributed by atoms with van der Waals surface area (Å²) in [5.41, 5.74) is 1.05. The van der Waals surface area contributed by atoms with Gasteiger partial charge in [-0.1, -0.05) is 25.0 Å². The van der Waals surface area contributed by atoms with Gasteiger partial charge in [-0.2, -0.15) is 5.10 Å². The van der Waals surface area contributed by atoms with Crippen LogP contribution in [0.5, 0.6) is 0 Å². The zero-order valence-corrected chi connectivity index (χ0v) is 10.2. The lowest BCUT2D eigenvalue weighted by Crippen LogP contribution is -1.95. The molecule has 0 unspecified atom stereocenters. The van der Waals surface area contributed by atoms with Crippen LogP contribution in [0.2, 0.25) is 0 Å². The Morgan fingerprint density at radius 3 is 2.61 bits per heavy atom. The molecule has 18 heavy (non-hydrogen) atoms. The van der Waals surface area contributed by atoms with Crippen molar-refractivity contribution in [2.45, 2.75) is 38.0 Å². The van der Waals surface area contributed by atoms with Gasteiger partial charge in [0.25, 0.3) is 0 Å². The number of hydrogen-bond donors (Lipinski definition) is 1. The van der Waals surface area contributed by atoms with E-state index in [2.05, 4.69) is 15.2 Å². The van der Waals surface area contributed by atoms with E-state index in [1.807, 2.05) is 0 Å². The summed E-state index contributed by atoms with van der Waals surface area (Å²) >= 11 is 0. The van der Waals surface area contributed by atoms with Gasteiger partial charge in [-0.25, -0.2) is 9.37 Å². The lowest BCUT2D eigenvalue weighted by Gasteiger charge is -2.01. The van der Waals surface area contributed by atoms with Gasteiger partial charge in [-0.15, -0.1) is 0 Å². The first-order chi connectivity index (χ1) is 8.81. The molecule has 1 aliphatic carbocycles. The Morgan fingerprint density at radius 1 is 1.17 bits per heavy atom. The van der Waals surface area contributed by atoms with Crippen LogP contribution < -0.4 is 0 Å². The molecule has 0 bridgehead atoms. The molecule has 94 valence electrons. The molecule has 1 heterocycles. The highest BCUT2D eigenvalue weighted by molar-refractivity contribution is 5.19. The highest BCUT2D eigenvalue weighted by Gasteiger charge is 2.20. The Balaban J connectivity index is 1.71. The maximum atomic E-state index is 12.8. The molecule has 3 nitrogen and oxygen atoms in total. The van der Waals surface area contributed by atoms with Gasteiger partial charge in [0.05, 0.1) is 0 Å². The van der Waals surface area contributed by atoms with E-state index in [1.165, 1.54) is 37.8 Å². The lowest BCUT2D eigenvalue weighted by molar-refractivity contribution is 0.627. The second-order valence-corrected chi connectivity index (χ2v) is 4.92. The van der Waals surface area contributed by atoms with Gasteiger partial charge in [0.1, 0.15) is 11.6 Å². The summed E-state index contributed by atoms with van der Waals surface area (Å²) in [4.78, 5) is 4.55. The summed E-state index contributed by atoms with van der Waals surface area (Å²) in [6, 6.07) is 6.52. The van der Waals surface area contributed by atoms with E-state index in [0.29, 0.717) is 12.3 Å². The van der Waals surface area contributed by atoms with Crippen molar-refractivity contribution in [2.75, 3.05) is 0 Å². The largest absolute Gasteiger partial charge is 0.263 e. The molecular formula is C14H16FN3. The molecule has 3 rings (SSSR count). The smallest absolute Gasteiger partial charge is 0.153 e. The SMILES string of the molecule is Fc1ccc(Cc2nc(C3CCCC3)n[nH]2)cc1. The van der Waals surface area contributed by atoms with E-state index in [4.69, 9.17) is 0 Å². The summed E-state index contributed by atoms with van der Waals surface area (Å²) in [6.45, 7) is 0. The maximum absolute atomic E-state index is 12.8. The summed E-state index contributed by atoms with van der Waals surface area (Å²) in [6.07, 6.45) is 5.65. The van der Waals surface area contributed by atoms with Crippen LogP contribution in [-0.4, -0.2) is 15.2 Å². The summed E-state index contributed by atoms with van der Waals surface area (Å²) < 4.78 is 12.8. The minimum absolute atomic E-state index is 0.206. The fraction of sp³-hybridized carbons (Fsp3) is 0.429. The van der Waals surface area contributed by atoms with E-state index in [9.17, 15) is 4.39 Å². The molecule has 1 aromatic heterocycles. The number of nitrogens with zero attached hydrogens (tertiary/aromatic N) is 2. The van der Waals surface area contributed by atoms with Crippen LogP contribution in [0.25, 0.3) is 0 Å². The van der Waals surface area contributed by atoms with Crippen molar-refractivity contribution in [3.63, 3.8) is 0 Å². The summed E-state index contributed by atoms with van der Waals surface area (Å²) in [5, 5.41) is 7.29. The number of halogens is 1. The van der Waals surface area contributed by atoms with Crippen LogP contribution in [0.1, 0.15) is 48.8 Å². The third-order valence-corrected chi connectivity index (χ3v) is 3.55. The average molecular weight is 245 g/mol. The molecule has 1 saturated carbocycles. The monoisotopic (exact) mass is 245 g/mol. The molecule has 1 N–H and O–H groups in total. The fourth-order valence-electron chi connectivity index (χ4n) is 2.55. The molecular weight excluding hydrogens is 229 g/mol. The first-order valence-electron chi connectivity index (χ1n) is 6.47. The number of aromatic amines is 1. The lowest BCUT2D eigenvalue weighted by atomic mass is 10.1. The van der Waals surface area contributed by atoms with Gasteiger partial charge in [0.15, 0.2) is 5.82 Å². The van der Waals surface area contributed by atoms with Crippen LogP contribution in [0.4, 0.5) is 4.39 Å². The van der Waals surface area contributed by atoms with Gasteiger partial charge in [0.2, 0.25) is 0 Å². The van der Waals surface area contributed by atoms with E-state index in [1.54, 1.807) is 12.1 Å². The molecule has 0 saturated heterocycles. The number of nitrogens with one attached hydrogen (secondary N) is 1. The van der Waals surface area contributed by atoms with Gasteiger partial charge in [-0.3, -0.25) is 5.10 Å². The van der Waals surface area contributed by atoms with E-state index < -0.39 is 0 Å². The van der Waals surface area contributed by atoms with Crippen molar-refractivity contribution < 1.29 is 4.39 Å². The van der Waals surface area contributed by atoms with Crippen molar-refractivity contribution in [2.24, 2.45) is 0 Å². The first kappa shape index (κ1) is 11.4. The summed E-state index contributed by atoms with van der Waals surface area (Å²) in [5.74, 6) is 2.14. The Morgan fingerprint density at radius 2 is 1.89 bits per heavy atom. The Bertz CT molecular complexity index is 512. The normalized spacial score (nSPS) is 16.3. The molecule has 0 radical (unpaired) electrons. The Hall–Kier alpha value is -1.71. The van der Waals surface area contributed by atoms with Crippen molar-refractivity contribution in [1.82, 2.24) is 15.2 Å². The Kier molecular flexibility index (Phi) is 3.09. The van der Waals surface area contributed by atoms with Crippen LogP contribution in [0.3, 0.4) is 0 Å². The topological polar surface area (TPSA) is 41.6 Å². The van der Waals surface area contributed by atoms with Crippen molar-refractivity contribution in [3.8, 4) is 0 Å². The van der Waals surface area contributed by atoms with Crippen LogP contribution in [-0.2, 0) is 6.42 Å². The predicted octanol–water partition coefficient (Wildman–Crippen LogP) is 3.19. The number of H-pyrrole nitrogens is 1. The van der Waals surface area contributed by atoms with E-state index >= 15 is 0 Å². The van der Waals surface area contributed by atoms with E-state index in [-0.39, 0.29) is 5.82 Å². The standard InChI is InChI=1S/C14H16FN3/c15-12-7-5-10(6-8-12)9-13-16-14(18-17-13)11-3-1-2-4-11/h5-8,11H,1-4,9H2,(H,16,17,18). The minimum atomic E-state index is -0.206. The van der Waals surface area contributed by atoms with E-state index in [0.717, 1.165) is 17.2 Å². The quantitative estimate of drug-likeness (QED) is 0.902. The number of rotatable bonds is 3. The van der Waals surface area contributed by atoms with Gasteiger partial charge < -0.3 is 0 Å². The molecule has 1 aliphatic rings. The van der Waals surface area contributed by atoms with Crippen LogP contribution in [0.15, 0.2) is 24.3 Å². The number of hydrogen-bond acceptors (Lipinski definition) is 2. The predicted molar refractivity (Wildman–Crippen MR) is 66.8 cm³/mol. The van der Waals surface area contributed by atoms with Gasteiger partial charge >= 0.3 is 0 Å². The molecule has 0 amide bonds. The molecule has 0 atom stereocenters. The highest BCUT2D eigenvalue weighted by Crippen LogP contribution is 2.31. The summed E-state index contributed by atoms with van der Waals surface area (Å²) in [7, 11) is 0. The average Bonchev–Trinajstić information content (AvgIpc) is 3.02. The molecule has 0 aliphatic heterocycles. The van der Waals surface area contributed by atoms with Crippen LogP contribution >= 0.6 is 0 Å². The zero-order chi connectivity index (χ0) is 12.4. The molecule has 2 aromatic rings. The fourth-order valence-corrected chi connectivity index (χ4v) is 2.55. The zero-order valence-electron chi connectivity index (χ0n) is 10.2. The third-order valence-electron chi connectivity index (χ3n) is 3.55. The first-order valence-corrected chi connectivity index (χ1v) is 6.47. The number of aromatic nitrogens is 3. The molecule has 4 heteroatoms. The highest BCUT2D eigenvalue weighted by atomic mass is 19.1. The van der Waals surface area contributed by atoms with Gasteiger partial charge in [0, 0.05) is 12.3 Å². The second-order valence-electron chi connectivity index (χ2n) is 4.92. The minimum Gasteiger partial charge on any atom is -0.263 e. The third kappa shape index (κ3) is 2.42. The Labute approximate surface area is 105 Å². The second kappa shape index (κ2) is 4.88.